The van der Waals surface area contributed by atoms with Gasteiger partial charge < -0.3 is 9.26 Å². The van der Waals surface area contributed by atoms with Crippen LogP contribution in [0.15, 0.2) is 10.6 Å². The van der Waals surface area contributed by atoms with Gasteiger partial charge in [0.2, 0.25) is 0 Å². The first-order valence-electron chi connectivity index (χ1n) is 6.50. The number of aromatic nitrogens is 1. The van der Waals surface area contributed by atoms with E-state index in [1.165, 1.54) is 0 Å². The highest BCUT2D eigenvalue weighted by Crippen LogP contribution is 2.20. The Morgan fingerprint density at radius 3 is 2.83 bits per heavy atom. The molecule has 1 aromatic rings. The van der Waals surface area contributed by atoms with Gasteiger partial charge in [-0.3, -0.25) is 9.69 Å². The lowest BCUT2D eigenvalue weighted by atomic mass is 9.97. The zero-order valence-electron chi connectivity index (χ0n) is 11.0. The van der Waals surface area contributed by atoms with Crippen molar-refractivity contribution in [3.63, 3.8) is 0 Å². The zero-order valence-corrected chi connectivity index (χ0v) is 11.0. The van der Waals surface area contributed by atoms with Crippen molar-refractivity contribution in [2.24, 2.45) is 5.92 Å². The number of carbonyl (C=O) groups is 1. The maximum absolute atomic E-state index is 11.6. The average Bonchev–Trinajstić information content (AvgIpc) is 2.76. The third-order valence-corrected chi connectivity index (χ3v) is 3.26. The van der Waals surface area contributed by atoms with Crippen molar-refractivity contribution in [1.29, 1.82) is 0 Å². The standard InChI is InChI=1S/C13H20N2O3/c1-3-17-13(16)11-4-6-15(7-5-11)9-12-8-10(2)14-18-12/h8,11H,3-7,9H2,1-2H3. The highest BCUT2D eigenvalue weighted by molar-refractivity contribution is 5.72. The van der Waals surface area contributed by atoms with Gasteiger partial charge in [-0.05, 0) is 39.8 Å². The first-order chi connectivity index (χ1) is 8.69. The van der Waals surface area contributed by atoms with E-state index in [0.717, 1.165) is 43.9 Å². The summed E-state index contributed by atoms with van der Waals surface area (Å²) in [4.78, 5) is 13.9. The third kappa shape index (κ3) is 3.32. The maximum Gasteiger partial charge on any atom is 0.309 e. The second-order valence-electron chi connectivity index (χ2n) is 4.74. The molecule has 1 saturated heterocycles. The van der Waals surface area contributed by atoms with Crippen molar-refractivity contribution < 1.29 is 14.1 Å². The summed E-state index contributed by atoms with van der Waals surface area (Å²) in [6, 6.07) is 1.96. The van der Waals surface area contributed by atoms with Gasteiger partial charge in [0.05, 0.1) is 24.8 Å². The summed E-state index contributed by atoms with van der Waals surface area (Å²) in [6.45, 7) is 6.82. The smallest absolute Gasteiger partial charge is 0.309 e. The molecule has 1 fully saturated rings. The summed E-state index contributed by atoms with van der Waals surface area (Å²) in [7, 11) is 0. The number of hydrogen-bond donors (Lipinski definition) is 0. The van der Waals surface area contributed by atoms with Crippen molar-refractivity contribution in [3.8, 4) is 0 Å². The number of hydrogen-bond acceptors (Lipinski definition) is 5. The van der Waals surface area contributed by atoms with Crippen LogP contribution in [0.5, 0.6) is 0 Å². The Balaban J connectivity index is 1.78. The summed E-state index contributed by atoms with van der Waals surface area (Å²) < 4.78 is 10.2. The molecule has 5 heteroatoms. The average molecular weight is 252 g/mol. The molecule has 0 amide bonds. The summed E-state index contributed by atoms with van der Waals surface area (Å²) >= 11 is 0. The fraction of sp³-hybridized carbons (Fsp3) is 0.692. The van der Waals surface area contributed by atoms with Crippen LogP contribution in [0.3, 0.4) is 0 Å². The maximum atomic E-state index is 11.6. The largest absolute Gasteiger partial charge is 0.466 e. The van der Waals surface area contributed by atoms with E-state index in [9.17, 15) is 4.79 Å². The Bertz CT molecular complexity index is 395. The lowest BCUT2D eigenvalue weighted by Gasteiger charge is -2.29. The first kappa shape index (κ1) is 13.1. The fourth-order valence-corrected chi connectivity index (χ4v) is 2.30. The van der Waals surface area contributed by atoms with Crippen LogP contribution >= 0.6 is 0 Å². The Morgan fingerprint density at radius 2 is 2.28 bits per heavy atom. The van der Waals surface area contributed by atoms with E-state index in [1.807, 2.05) is 19.9 Å². The molecule has 2 heterocycles. The molecule has 0 unspecified atom stereocenters. The highest BCUT2D eigenvalue weighted by Gasteiger charge is 2.26. The van der Waals surface area contributed by atoms with Crippen LogP contribution in [0.25, 0.3) is 0 Å². The molecule has 5 nitrogen and oxygen atoms in total. The van der Waals surface area contributed by atoms with Crippen LogP contribution in [-0.4, -0.2) is 35.7 Å². The van der Waals surface area contributed by atoms with Gasteiger partial charge in [-0.15, -0.1) is 0 Å². The molecule has 0 aliphatic carbocycles. The number of rotatable bonds is 4. The quantitative estimate of drug-likeness (QED) is 0.764. The van der Waals surface area contributed by atoms with E-state index in [-0.39, 0.29) is 11.9 Å². The normalized spacial score (nSPS) is 17.9. The minimum absolute atomic E-state index is 0.0485. The Hall–Kier alpha value is -1.36. The van der Waals surface area contributed by atoms with Crippen molar-refractivity contribution in [2.75, 3.05) is 19.7 Å². The molecule has 2 rings (SSSR count). The molecule has 100 valence electrons. The highest BCUT2D eigenvalue weighted by atomic mass is 16.5. The lowest BCUT2D eigenvalue weighted by Crippen LogP contribution is -2.36. The van der Waals surface area contributed by atoms with Gasteiger partial charge in [0.15, 0.2) is 5.76 Å². The van der Waals surface area contributed by atoms with E-state index >= 15 is 0 Å². The number of esters is 1. The Labute approximate surface area is 107 Å². The molecule has 1 aliphatic rings. The third-order valence-electron chi connectivity index (χ3n) is 3.26. The van der Waals surface area contributed by atoms with Crippen molar-refractivity contribution in [1.82, 2.24) is 10.1 Å². The topological polar surface area (TPSA) is 55.6 Å². The van der Waals surface area contributed by atoms with Crippen LogP contribution < -0.4 is 0 Å². The number of carbonyl (C=O) groups excluding carboxylic acids is 1. The van der Waals surface area contributed by atoms with Gasteiger partial charge in [0.1, 0.15) is 0 Å². The van der Waals surface area contributed by atoms with Crippen molar-refractivity contribution >= 4 is 5.97 Å². The molecule has 1 aliphatic heterocycles. The zero-order chi connectivity index (χ0) is 13.0. The van der Waals surface area contributed by atoms with Crippen LogP contribution in [0, 0.1) is 12.8 Å². The Kier molecular flexibility index (Phi) is 4.36. The predicted octanol–water partition coefficient (Wildman–Crippen LogP) is 1.76. The number of piperidine rings is 1. The van der Waals surface area contributed by atoms with Gasteiger partial charge in [-0.25, -0.2) is 0 Å². The molecular formula is C13H20N2O3. The molecule has 1 aromatic heterocycles. The summed E-state index contributed by atoms with van der Waals surface area (Å²) in [5.74, 6) is 0.910. The number of nitrogens with zero attached hydrogens (tertiary/aromatic N) is 2. The van der Waals surface area contributed by atoms with Crippen LogP contribution in [0.4, 0.5) is 0 Å². The molecular weight excluding hydrogens is 232 g/mol. The minimum atomic E-state index is -0.0485. The Morgan fingerprint density at radius 1 is 1.56 bits per heavy atom. The van der Waals surface area contributed by atoms with Crippen LogP contribution in [-0.2, 0) is 16.1 Å². The minimum Gasteiger partial charge on any atom is -0.466 e. The van der Waals surface area contributed by atoms with E-state index in [4.69, 9.17) is 9.26 Å². The van der Waals surface area contributed by atoms with Crippen molar-refractivity contribution in [2.45, 2.75) is 33.2 Å². The number of likely N-dealkylation sites (tertiary alicyclic amines) is 1. The second-order valence-corrected chi connectivity index (χ2v) is 4.74. The molecule has 0 bridgehead atoms. The molecule has 0 radical (unpaired) electrons. The van der Waals surface area contributed by atoms with Gasteiger partial charge >= 0.3 is 5.97 Å². The van der Waals surface area contributed by atoms with Crippen LogP contribution in [0.1, 0.15) is 31.2 Å². The monoisotopic (exact) mass is 252 g/mol. The summed E-state index contributed by atoms with van der Waals surface area (Å²) in [5.41, 5.74) is 0.909. The predicted molar refractivity (Wildman–Crippen MR) is 65.9 cm³/mol. The number of aryl methyl sites for hydroxylation is 1. The van der Waals surface area contributed by atoms with Crippen LogP contribution in [0.2, 0.25) is 0 Å². The van der Waals surface area contributed by atoms with Gasteiger partial charge in [0.25, 0.3) is 0 Å². The second kappa shape index (κ2) is 6.00. The molecule has 18 heavy (non-hydrogen) atoms. The fourth-order valence-electron chi connectivity index (χ4n) is 2.30. The van der Waals surface area contributed by atoms with Crippen molar-refractivity contribution in [3.05, 3.63) is 17.5 Å². The molecule has 0 saturated carbocycles. The first-order valence-corrected chi connectivity index (χ1v) is 6.50. The summed E-state index contributed by atoms with van der Waals surface area (Å²) in [5, 5.41) is 3.87. The van der Waals surface area contributed by atoms with Gasteiger partial charge in [0, 0.05) is 6.07 Å². The van der Waals surface area contributed by atoms with Gasteiger partial charge in [-0.2, -0.15) is 0 Å². The van der Waals surface area contributed by atoms with E-state index in [1.54, 1.807) is 0 Å². The van der Waals surface area contributed by atoms with E-state index in [0.29, 0.717) is 6.61 Å². The number of ether oxygens (including phenoxy) is 1. The molecule has 0 spiro atoms. The van der Waals surface area contributed by atoms with Gasteiger partial charge in [-0.1, -0.05) is 5.16 Å². The van der Waals surface area contributed by atoms with E-state index < -0.39 is 0 Å². The molecule has 0 atom stereocenters. The molecule has 0 N–H and O–H groups in total. The lowest BCUT2D eigenvalue weighted by molar-refractivity contribution is -0.149. The van der Waals surface area contributed by atoms with E-state index in [2.05, 4.69) is 10.1 Å². The summed E-state index contributed by atoms with van der Waals surface area (Å²) in [6.07, 6.45) is 1.73. The molecule has 0 aromatic carbocycles. The SMILES string of the molecule is CCOC(=O)C1CCN(Cc2cc(C)no2)CC1.